The molecule has 174 valence electrons. The number of para-hydroxylation sites is 2. The molecular formula is C23H20FIN6O3. The molecule has 1 aliphatic heterocycles. The predicted molar refractivity (Wildman–Crippen MR) is 132 cm³/mol. The minimum atomic E-state index is -1.32. The fourth-order valence-corrected chi connectivity index (χ4v) is 4.56. The Morgan fingerprint density at radius 3 is 2.59 bits per heavy atom. The highest BCUT2D eigenvalue weighted by molar-refractivity contribution is 14.1. The number of β-amino-alcohol motifs (C(OH)–C–C–N with tert-alkyl or cyclic N) is 1. The lowest BCUT2D eigenvalue weighted by atomic mass is 9.92. The summed E-state index contributed by atoms with van der Waals surface area (Å²) in [7, 11) is 3.25. The number of likely N-dealkylation sites (tertiary alicyclic amines) is 1. The number of fused-ring (bicyclic) bond motifs is 1. The number of carbonyl (C=O) groups excluding carboxylic acids is 1. The molecule has 0 spiro atoms. The topological polar surface area (TPSA) is 105 Å². The Morgan fingerprint density at radius 1 is 1.15 bits per heavy atom. The first kappa shape index (κ1) is 22.5. The number of aromatic nitrogens is 4. The number of imidazole rings is 1. The van der Waals surface area contributed by atoms with Crippen LogP contribution < -0.4 is 10.9 Å². The van der Waals surface area contributed by atoms with Crippen LogP contribution in [0.15, 0.2) is 53.3 Å². The molecule has 3 heterocycles. The second kappa shape index (κ2) is 8.17. The molecule has 0 saturated carbocycles. The molecule has 0 radical (unpaired) electrons. The highest BCUT2D eigenvalue weighted by Crippen LogP contribution is 2.34. The fourth-order valence-electron chi connectivity index (χ4n) is 4.11. The van der Waals surface area contributed by atoms with E-state index in [4.69, 9.17) is 0 Å². The van der Waals surface area contributed by atoms with Gasteiger partial charge in [0.25, 0.3) is 11.5 Å². The summed E-state index contributed by atoms with van der Waals surface area (Å²) >= 11 is 1.99. The number of nitrogens with one attached hydrogen (secondary N) is 1. The van der Waals surface area contributed by atoms with Crippen LogP contribution in [0.4, 0.5) is 15.8 Å². The van der Waals surface area contributed by atoms with Crippen molar-refractivity contribution < 1.29 is 14.3 Å². The number of aliphatic hydroxyl groups is 1. The molecule has 5 rings (SSSR count). The lowest BCUT2D eigenvalue weighted by Crippen LogP contribution is -2.62. The van der Waals surface area contributed by atoms with Crippen LogP contribution in [-0.2, 0) is 19.7 Å². The van der Waals surface area contributed by atoms with Crippen molar-refractivity contribution in [3.8, 4) is 0 Å². The molecule has 2 aromatic heterocycles. The Bertz CT molecular complexity index is 1510. The lowest BCUT2D eigenvalue weighted by Gasteiger charge is -2.45. The Hall–Kier alpha value is -3.32. The maximum atomic E-state index is 14.4. The summed E-state index contributed by atoms with van der Waals surface area (Å²) in [6.07, 6.45) is 0. The van der Waals surface area contributed by atoms with Crippen LogP contribution >= 0.6 is 22.6 Å². The van der Waals surface area contributed by atoms with Gasteiger partial charge in [0, 0.05) is 23.7 Å². The van der Waals surface area contributed by atoms with E-state index in [-0.39, 0.29) is 30.2 Å². The summed E-state index contributed by atoms with van der Waals surface area (Å²) in [6, 6.07) is 13.3. The molecule has 0 unspecified atom stereocenters. The van der Waals surface area contributed by atoms with Gasteiger partial charge in [-0.25, -0.2) is 14.1 Å². The van der Waals surface area contributed by atoms with Crippen molar-refractivity contribution in [1.29, 1.82) is 0 Å². The molecule has 1 fully saturated rings. The van der Waals surface area contributed by atoms with E-state index in [1.165, 1.54) is 30.1 Å². The summed E-state index contributed by atoms with van der Waals surface area (Å²) in [5, 5.41) is 18.1. The van der Waals surface area contributed by atoms with E-state index in [1.807, 2.05) is 58.5 Å². The highest BCUT2D eigenvalue weighted by atomic mass is 127. The van der Waals surface area contributed by atoms with E-state index in [1.54, 1.807) is 6.07 Å². The first-order chi connectivity index (χ1) is 16.2. The van der Waals surface area contributed by atoms with Crippen molar-refractivity contribution in [2.75, 3.05) is 18.4 Å². The molecule has 9 nitrogen and oxygen atoms in total. The number of rotatable bonds is 4. The second-order valence-electron chi connectivity index (χ2n) is 8.29. The number of hydrogen-bond donors (Lipinski definition) is 2. The molecule has 4 aromatic rings. The third kappa shape index (κ3) is 3.74. The molecule has 2 N–H and O–H groups in total. The smallest absolute Gasteiger partial charge is 0.276 e. The van der Waals surface area contributed by atoms with Crippen molar-refractivity contribution in [3.05, 3.63) is 79.8 Å². The monoisotopic (exact) mass is 574 g/mol. The van der Waals surface area contributed by atoms with E-state index in [0.717, 1.165) is 15.7 Å². The standard InChI is InChI=1S/C23H20FIN6O3/c1-29-18-6-4-3-5-16(18)27-22(29)23(34)11-31(12-23)21(33)20-17(10-19(32)30(2)28-20)26-15-8-7-13(25)9-14(15)24/h3-10,26,34H,11-12H2,1-2H3. The van der Waals surface area contributed by atoms with Gasteiger partial charge in [0.1, 0.15) is 11.6 Å². The Labute approximate surface area is 207 Å². The van der Waals surface area contributed by atoms with Crippen LogP contribution in [0.2, 0.25) is 0 Å². The minimum absolute atomic E-state index is 0.00481. The third-order valence-corrected chi connectivity index (χ3v) is 6.56. The van der Waals surface area contributed by atoms with Crippen LogP contribution in [0.25, 0.3) is 11.0 Å². The van der Waals surface area contributed by atoms with Gasteiger partial charge in [-0.1, -0.05) is 12.1 Å². The Balaban J connectivity index is 1.43. The molecule has 0 bridgehead atoms. The molecule has 34 heavy (non-hydrogen) atoms. The van der Waals surface area contributed by atoms with Crippen molar-refractivity contribution in [3.63, 3.8) is 0 Å². The normalized spacial score (nSPS) is 14.8. The molecule has 0 aliphatic carbocycles. The van der Waals surface area contributed by atoms with Crippen molar-refractivity contribution >= 4 is 50.9 Å². The molecule has 11 heteroatoms. The van der Waals surface area contributed by atoms with Crippen molar-refractivity contribution in [1.82, 2.24) is 24.2 Å². The van der Waals surface area contributed by atoms with E-state index >= 15 is 0 Å². The molecular weight excluding hydrogens is 554 g/mol. The van der Waals surface area contributed by atoms with Gasteiger partial charge in [-0.3, -0.25) is 9.59 Å². The SMILES string of the molecule is Cn1nc(C(=O)N2CC(O)(c3nc4ccccc4n3C)C2)c(Nc2ccc(I)cc2F)cc1=O. The van der Waals surface area contributed by atoms with Gasteiger partial charge in [-0.2, -0.15) is 5.10 Å². The van der Waals surface area contributed by atoms with Crippen LogP contribution in [-0.4, -0.2) is 48.3 Å². The first-order valence-corrected chi connectivity index (χ1v) is 11.5. The number of halogens is 2. The van der Waals surface area contributed by atoms with E-state index < -0.39 is 22.9 Å². The van der Waals surface area contributed by atoms with Gasteiger partial charge >= 0.3 is 0 Å². The zero-order valence-corrected chi connectivity index (χ0v) is 20.4. The number of carbonyl (C=O) groups is 1. The zero-order valence-electron chi connectivity index (χ0n) is 18.3. The average molecular weight is 574 g/mol. The lowest BCUT2D eigenvalue weighted by molar-refractivity contribution is -0.0937. The number of nitrogens with zero attached hydrogens (tertiary/aromatic N) is 5. The second-order valence-corrected chi connectivity index (χ2v) is 9.54. The highest BCUT2D eigenvalue weighted by Gasteiger charge is 2.49. The van der Waals surface area contributed by atoms with Gasteiger partial charge < -0.3 is 19.9 Å². The minimum Gasteiger partial charge on any atom is -0.378 e. The number of aryl methyl sites for hydroxylation is 2. The van der Waals surface area contributed by atoms with E-state index in [0.29, 0.717) is 9.39 Å². The van der Waals surface area contributed by atoms with Crippen LogP contribution in [0, 0.1) is 9.39 Å². The molecule has 2 aromatic carbocycles. The quantitative estimate of drug-likeness (QED) is 0.363. The first-order valence-electron chi connectivity index (χ1n) is 10.4. The maximum Gasteiger partial charge on any atom is 0.276 e. The summed E-state index contributed by atoms with van der Waals surface area (Å²) < 4.78 is 18.0. The van der Waals surface area contributed by atoms with Crippen molar-refractivity contribution in [2.45, 2.75) is 5.60 Å². The Kier molecular flexibility index (Phi) is 5.40. The van der Waals surface area contributed by atoms with Crippen LogP contribution in [0.3, 0.4) is 0 Å². The predicted octanol–water partition coefficient (Wildman–Crippen LogP) is 2.50. The number of amides is 1. The maximum absolute atomic E-state index is 14.4. The summed E-state index contributed by atoms with van der Waals surface area (Å²) in [5.41, 5.74) is 0.0120. The zero-order chi connectivity index (χ0) is 24.2. The molecule has 1 aliphatic rings. The van der Waals surface area contributed by atoms with Gasteiger partial charge in [-0.05, 0) is 52.9 Å². The third-order valence-electron chi connectivity index (χ3n) is 5.89. The van der Waals surface area contributed by atoms with Crippen LogP contribution in [0.5, 0.6) is 0 Å². The largest absolute Gasteiger partial charge is 0.378 e. The van der Waals surface area contributed by atoms with Gasteiger partial charge in [0.05, 0.1) is 35.5 Å². The summed E-state index contributed by atoms with van der Waals surface area (Å²) in [5.74, 6) is -0.552. The fraction of sp³-hybridized carbons (Fsp3) is 0.217. The number of anilines is 2. The van der Waals surface area contributed by atoms with Gasteiger partial charge in [-0.15, -0.1) is 0 Å². The number of benzene rings is 2. The van der Waals surface area contributed by atoms with E-state index in [2.05, 4.69) is 15.4 Å². The Morgan fingerprint density at radius 2 is 1.88 bits per heavy atom. The molecule has 0 atom stereocenters. The van der Waals surface area contributed by atoms with Gasteiger partial charge in [0.2, 0.25) is 0 Å². The van der Waals surface area contributed by atoms with E-state index in [9.17, 15) is 19.1 Å². The van der Waals surface area contributed by atoms with Crippen LogP contribution in [0.1, 0.15) is 16.3 Å². The van der Waals surface area contributed by atoms with Gasteiger partial charge in [0.15, 0.2) is 11.3 Å². The summed E-state index contributed by atoms with van der Waals surface area (Å²) in [4.78, 5) is 31.5. The van der Waals surface area contributed by atoms with Crippen molar-refractivity contribution in [2.24, 2.45) is 14.1 Å². The molecule has 1 amide bonds. The molecule has 1 saturated heterocycles. The number of hydrogen-bond acceptors (Lipinski definition) is 6. The average Bonchev–Trinajstić information content (AvgIpc) is 3.12. The summed E-state index contributed by atoms with van der Waals surface area (Å²) in [6.45, 7) is 0.00962.